The number of nitro groups is 1. The predicted octanol–water partition coefficient (Wildman–Crippen LogP) is 3.84. The topological polar surface area (TPSA) is 94.8 Å². The molecule has 0 saturated carbocycles. The molecule has 0 aliphatic heterocycles. The number of nitro benzene ring substituents is 1. The second-order valence-electron chi connectivity index (χ2n) is 5.58. The lowest BCUT2D eigenvalue weighted by molar-refractivity contribution is -0.384. The molecule has 0 saturated heterocycles. The lowest BCUT2D eigenvalue weighted by atomic mass is 10.1. The number of ether oxygens (including phenoxy) is 2. The van der Waals surface area contributed by atoms with Gasteiger partial charge in [0.1, 0.15) is 16.4 Å². The minimum absolute atomic E-state index is 0.151. The molecule has 0 fully saturated rings. The van der Waals surface area contributed by atoms with Crippen LogP contribution in [0.4, 0.5) is 11.4 Å². The molecule has 0 unspecified atom stereocenters. The Morgan fingerprint density at radius 2 is 2.11 bits per heavy atom. The van der Waals surface area contributed by atoms with Crippen LogP contribution in [0.15, 0.2) is 36.4 Å². The maximum atomic E-state index is 11.4. The molecule has 0 radical (unpaired) electrons. The largest absolute Gasteiger partial charge is 0.468 e. The lowest BCUT2D eigenvalue weighted by Crippen LogP contribution is -2.15. The fraction of sp³-hybridized carbons (Fsp3) is 0.222. The molecule has 1 amide bonds. The highest BCUT2D eigenvalue weighted by Gasteiger charge is 2.19. The van der Waals surface area contributed by atoms with E-state index < -0.39 is 4.92 Å². The van der Waals surface area contributed by atoms with Crippen LogP contribution in [-0.4, -0.2) is 36.8 Å². The third-order valence-electron chi connectivity index (χ3n) is 3.83. The smallest absolute Gasteiger partial charge is 0.293 e. The van der Waals surface area contributed by atoms with E-state index >= 15 is 0 Å². The summed E-state index contributed by atoms with van der Waals surface area (Å²) in [5.41, 5.74) is 1.46. The number of hydrogen-bond acceptors (Lipinski definition) is 7. The molecule has 0 spiro atoms. The fourth-order valence-electron chi connectivity index (χ4n) is 2.47. The first-order valence-corrected chi connectivity index (χ1v) is 8.93. The van der Waals surface area contributed by atoms with Gasteiger partial charge in [-0.3, -0.25) is 14.9 Å². The number of aromatic nitrogens is 1. The fourth-order valence-corrected chi connectivity index (χ4v) is 3.46. The molecule has 1 heterocycles. The average molecular weight is 387 g/mol. The Kier molecular flexibility index (Phi) is 5.63. The van der Waals surface area contributed by atoms with Crippen LogP contribution >= 0.6 is 11.3 Å². The van der Waals surface area contributed by atoms with E-state index in [1.807, 2.05) is 19.1 Å². The Morgan fingerprint density at radius 3 is 2.81 bits per heavy atom. The zero-order valence-corrected chi connectivity index (χ0v) is 15.6. The number of fused-ring (bicyclic) bond motifs is 1. The summed E-state index contributed by atoms with van der Waals surface area (Å²) in [6.45, 7) is 2.63. The summed E-state index contributed by atoms with van der Waals surface area (Å²) in [4.78, 5) is 27.5. The van der Waals surface area contributed by atoms with Gasteiger partial charge in [-0.05, 0) is 37.3 Å². The zero-order chi connectivity index (χ0) is 19.4. The van der Waals surface area contributed by atoms with Crippen molar-refractivity contribution in [1.29, 1.82) is 0 Å². The molecule has 1 aromatic heterocycles. The van der Waals surface area contributed by atoms with Crippen LogP contribution in [0.5, 0.6) is 5.75 Å². The highest BCUT2D eigenvalue weighted by Crippen LogP contribution is 2.36. The molecular formula is C18H17N3O5S. The van der Waals surface area contributed by atoms with Gasteiger partial charge in [0.2, 0.25) is 6.41 Å². The van der Waals surface area contributed by atoms with Gasteiger partial charge >= 0.3 is 0 Å². The summed E-state index contributed by atoms with van der Waals surface area (Å²) in [5.74, 6) is 0.667. The summed E-state index contributed by atoms with van der Waals surface area (Å²) in [5, 5.41) is 12.0. The number of nitrogens with zero attached hydrogens (tertiary/aromatic N) is 3. The number of carbonyl (C=O) groups is 1. The van der Waals surface area contributed by atoms with E-state index in [-0.39, 0.29) is 18.2 Å². The van der Waals surface area contributed by atoms with Crippen LogP contribution in [0, 0.1) is 10.1 Å². The first-order valence-electron chi connectivity index (χ1n) is 8.11. The summed E-state index contributed by atoms with van der Waals surface area (Å²) in [6, 6.07) is 10.2. The van der Waals surface area contributed by atoms with Crippen molar-refractivity contribution in [3.8, 4) is 16.3 Å². The molecule has 0 N–H and O–H groups in total. The van der Waals surface area contributed by atoms with Crippen LogP contribution in [0.3, 0.4) is 0 Å². The van der Waals surface area contributed by atoms with E-state index in [1.165, 1.54) is 29.4 Å². The molecule has 0 atom stereocenters. The number of amides is 1. The predicted molar refractivity (Wildman–Crippen MR) is 103 cm³/mol. The minimum Gasteiger partial charge on any atom is -0.468 e. The SMILES string of the molecule is CCOCOc1ccc2nc(-c3ccc(N(C)C=O)c([N+](=O)[O-])c3)sc2c1. The van der Waals surface area contributed by atoms with Crippen molar-refractivity contribution in [2.75, 3.05) is 25.3 Å². The van der Waals surface area contributed by atoms with Gasteiger partial charge in [0.05, 0.1) is 15.1 Å². The standard InChI is InChI=1S/C18H17N3O5S/c1-3-25-11-26-13-5-6-14-17(9-13)27-18(19-14)12-4-7-15(20(2)10-22)16(8-12)21(23)24/h4-10H,3,11H2,1-2H3. The molecule has 0 bridgehead atoms. The van der Waals surface area contributed by atoms with E-state index in [9.17, 15) is 14.9 Å². The van der Waals surface area contributed by atoms with E-state index in [2.05, 4.69) is 4.98 Å². The highest BCUT2D eigenvalue weighted by atomic mass is 32.1. The third-order valence-corrected chi connectivity index (χ3v) is 4.90. The molecule has 0 aliphatic carbocycles. The second-order valence-corrected chi connectivity index (χ2v) is 6.61. The lowest BCUT2D eigenvalue weighted by Gasteiger charge is -2.11. The Hall–Kier alpha value is -3.04. The van der Waals surface area contributed by atoms with Gasteiger partial charge in [0.15, 0.2) is 6.79 Å². The van der Waals surface area contributed by atoms with Crippen LogP contribution in [0.1, 0.15) is 6.92 Å². The van der Waals surface area contributed by atoms with E-state index in [1.54, 1.807) is 18.2 Å². The molecule has 8 nitrogen and oxygen atoms in total. The number of rotatable bonds is 8. The minimum atomic E-state index is -0.508. The van der Waals surface area contributed by atoms with Crippen molar-refractivity contribution in [2.24, 2.45) is 0 Å². The van der Waals surface area contributed by atoms with Crippen molar-refractivity contribution in [3.63, 3.8) is 0 Å². The molecule has 9 heteroatoms. The van der Waals surface area contributed by atoms with Crippen LogP contribution in [0.25, 0.3) is 20.8 Å². The average Bonchev–Trinajstić information content (AvgIpc) is 3.10. The summed E-state index contributed by atoms with van der Waals surface area (Å²) < 4.78 is 11.6. The van der Waals surface area contributed by atoms with Crippen molar-refractivity contribution in [2.45, 2.75) is 6.92 Å². The summed E-state index contributed by atoms with van der Waals surface area (Å²) in [7, 11) is 1.47. The van der Waals surface area contributed by atoms with Gasteiger partial charge < -0.3 is 14.4 Å². The Labute approximate surface area is 159 Å². The van der Waals surface area contributed by atoms with E-state index in [0.717, 1.165) is 10.2 Å². The van der Waals surface area contributed by atoms with Crippen molar-refractivity contribution in [3.05, 3.63) is 46.5 Å². The number of benzene rings is 2. The van der Waals surface area contributed by atoms with Gasteiger partial charge in [-0.1, -0.05) is 0 Å². The molecule has 140 valence electrons. The first kappa shape index (κ1) is 18.7. The highest BCUT2D eigenvalue weighted by molar-refractivity contribution is 7.21. The third kappa shape index (κ3) is 4.04. The van der Waals surface area contributed by atoms with Crippen LogP contribution < -0.4 is 9.64 Å². The molecule has 3 aromatic rings. The first-order chi connectivity index (χ1) is 13.0. The molecular weight excluding hydrogens is 370 g/mol. The van der Waals surface area contributed by atoms with Crippen LogP contribution in [0.2, 0.25) is 0 Å². The number of anilines is 1. The van der Waals surface area contributed by atoms with E-state index in [4.69, 9.17) is 9.47 Å². The second kappa shape index (κ2) is 8.11. The number of hydrogen-bond donors (Lipinski definition) is 0. The number of thiazole rings is 1. The Balaban J connectivity index is 1.95. The number of carbonyl (C=O) groups excluding carboxylic acids is 1. The quantitative estimate of drug-likeness (QED) is 0.192. The monoisotopic (exact) mass is 387 g/mol. The zero-order valence-electron chi connectivity index (χ0n) is 14.7. The van der Waals surface area contributed by atoms with Crippen molar-refractivity contribution in [1.82, 2.24) is 4.98 Å². The Bertz CT molecular complexity index is 988. The van der Waals surface area contributed by atoms with Gasteiger partial charge in [-0.15, -0.1) is 11.3 Å². The molecule has 2 aromatic carbocycles. The van der Waals surface area contributed by atoms with Crippen LogP contribution in [-0.2, 0) is 9.53 Å². The van der Waals surface area contributed by atoms with E-state index in [0.29, 0.717) is 29.3 Å². The van der Waals surface area contributed by atoms with Gasteiger partial charge in [0.25, 0.3) is 5.69 Å². The molecule has 27 heavy (non-hydrogen) atoms. The molecule has 3 rings (SSSR count). The Morgan fingerprint density at radius 1 is 1.30 bits per heavy atom. The molecule has 0 aliphatic rings. The maximum Gasteiger partial charge on any atom is 0.293 e. The van der Waals surface area contributed by atoms with Gasteiger partial charge in [-0.2, -0.15) is 0 Å². The normalized spacial score (nSPS) is 10.7. The summed E-state index contributed by atoms with van der Waals surface area (Å²) >= 11 is 1.41. The van der Waals surface area contributed by atoms with Crippen molar-refractivity contribution >= 4 is 39.3 Å². The van der Waals surface area contributed by atoms with Gasteiger partial charge in [0, 0.05) is 25.3 Å². The summed E-state index contributed by atoms with van der Waals surface area (Å²) in [6.07, 6.45) is 0.531. The van der Waals surface area contributed by atoms with Gasteiger partial charge in [-0.25, -0.2) is 4.98 Å². The maximum absolute atomic E-state index is 11.4. The van der Waals surface area contributed by atoms with Crippen molar-refractivity contribution < 1.29 is 19.2 Å².